The molecule has 0 heterocycles. The van der Waals surface area contributed by atoms with E-state index in [0.717, 1.165) is 6.42 Å². The predicted octanol–water partition coefficient (Wildman–Crippen LogP) is 6.98. The molecule has 0 rings (SSSR count). The summed E-state index contributed by atoms with van der Waals surface area (Å²) in [6.45, 7) is 3.76. The second kappa shape index (κ2) is 19.3. The quantitative estimate of drug-likeness (QED) is 0.154. The number of hydrogen-bond acceptors (Lipinski definition) is 2. The van der Waals surface area contributed by atoms with Crippen LogP contribution in [0.3, 0.4) is 0 Å². The van der Waals surface area contributed by atoms with Crippen LogP contribution in [-0.4, -0.2) is 13.1 Å². The van der Waals surface area contributed by atoms with Crippen LogP contribution >= 0.6 is 0 Å². The molecule has 23 heavy (non-hydrogen) atoms. The number of rotatable bonds is 18. The number of carbonyl (C=O) groups is 1. The van der Waals surface area contributed by atoms with Crippen LogP contribution in [0.25, 0.3) is 0 Å². The molecule has 2 nitrogen and oxygen atoms in total. The van der Waals surface area contributed by atoms with Crippen molar-refractivity contribution < 1.29 is 9.53 Å². The third kappa shape index (κ3) is 19.2. The molecule has 0 unspecified atom stereocenters. The second-order valence-corrected chi connectivity index (χ2v) is 6.71. The average molecular weight is 325 g/mol. The molecule has 0 aromatic heterocycles. The van der Waals surface area contributed by atoms with Crippen LogP contribution in [0.15, 0.2) is 12.7 Å². The number of ether oxygens (including phenoxy) is 1. The molecule has 0 atom stereocenters. The second-order valence-electron chi connectivity index (χ2n) is 6.71. The Hall–Kier alpha value is -0.790. The first-order valence-electron chi connectivity index (χ1n) is 9.99. The van der Waals surface area contributed by atoms with Gasteiger partial charge in [0.2, 0.25) is 0 Å². The van der Waals surface area contributed by atoms with Crippen LogP contribution in [0.4, 0.5) is 0 Å². The van der Waals surface area contributed by atoms with Crippen molar-refractivity contribution >= 4 is 5.97 Å². The van der Waals surface area contributed by atoms with Gasteiger partial charge in [-0.15, -0.1) is 6.58 Å². The van der Waals surface area contributed by atoms with E-state index < -0.39 is 0 Å². The number of unbranched alkanes of at least 4 members (excludes halogenated alkanes) is 15. The summed E-state index contributed by atoms with van der Waals surface area (Å²) < 4.78 is 4.64. The molecule has 0 N–H and O–H groups in total. The van der Waals surface area contributed by atoms with E-state index in [9.17, 15) is 4.79 Å². The SMILES string of the molecule is C=CCCCCCCCCCCCCCCCCCC(=O)OC. The Bertz CT molecular complexity index is 261. The number of carbonyl (C=O) groups excluding carboxylic acids is 1. The van der Waals surface area contributed by atoms with Gasteiger partial charge < -0.3 is 4.74 Å². The molecule has 0 aliphatic carbocycles. The maximum absolute atomic E-state index is 10.9. The van der Waals surface area contributed by atoms with Gasteiger partial charge in [-0.3, -0.25) is 4.79 Å². The summed E-state index contributed by atoms with van der Waals surface area (Å²) in [5.41, 5.74) is 0. The highest BCUT2D eigenvalue weighted by Gasteiger charge is 1.99. The summed E-state index contributed by atoms with van der Waals surface area (Å²) in [5.74, 6) is -0.0678. The van der Waals surface area contributed by atoms with Crippen molar-refractivity contribution in [2.24, 2.45) is 0 Å². The highest BCUT2D eigenvalue weighted by atomic mass is 16.5. The van der Waals surface area contributed by atoms with Crippen molar-refractivity contribution in [2.75, 3.05) is 7.11 Å². The van der Waals surface area contributed by atoms with Crippen molar-refractivity contribution in [3.63, 3.8) is 0 Å². The smallest absolute Gasteiger partial charge is 0.305 e. The number of esters is 1. The van der Waals surface area contributed by atoms with Gasteiger partial charge in [0, 0.05) is 6.42 Å². The lowest BCUT2D eigenvalue weighted by atomic mass is 10.0. The number of methoxy groups -OCH3 is 1. The fourth-order valence-electron chi connectivity index (χ4n) is 2.96. The molecule has 0 aliphatic rings. The zero-order chi connectivity index (χ0) is 17.0. The summed E-state index contributed by atoms with van der Waals surface area (Å²) in [6, 6.07) is 0. The van der Waals surface area contributed by atoms with Crippen molar-refractivity contribution in [1.82, 2.24) is 0 Å². The Labute approximate surface area is 145 Å². The van der Waals surface area contributed by atoms with E-state index in [-0.39, 0.29) is 5.97 Å². The molecule has 0 aliphatic heterocycles. The monoisotopic (exact) mass is 324 g/mol. The minimum atomic E-state index is -0.0678. The Morgan fingerprint density at radius 2 is 1.04 bits per heavy atom. The van der Waals surface area contributed by atoms with Gasteiger partial charge in [0.1, 0.15) is 0 Å². The summed E-state index contributed by atoms with van der Waals surface area (Å²) >= 11 is 0. The normalized spacial score (nSPS) is 10.7. The first-order valence-corrected chi connectivity index (χ1v) is 9.99. The van der Waals surface area contributed by atoms with Crippen LogP contribution in [0.1, 0.15) is 109 Å². The van der Waals surface area contributed by atoms with Gasteiger partial charge in [0.15, 0.2) is 0 Å². The number of hydrogen-bond donors (Lipinski definition) is 0. The van der Waals surface area contributed by atoms with Crippen LogP contribution in [0, 0.1) is 0 Å². The van der Waals surface area contributed by atoms with Gasteiger partial charge >= 0.3 is 5.97 Å². The lowest BCUT2D eigenvalue weighted by Crippen LogP contribution is -1.99. The van der Waals surface area contributed by atoms with Crippen molar-refractivity contribution in [2.45, 2.75) is 109 Å². The highest BCUT2D eigenvalue weighted by molar-refractivity contribution is 5.68. The molecule has 0 radical (unpaired) electrons. The topological polar surface area (TPSA) is 26.3 Å². The van der Waals surface area contributed by atoms with Crippen LogP contribution in [0.2, 0.25) is 0 Å². The van der Waals surface area contributed by atoms with Gasteiger partial charge in [-0.2, -0.15) is 0 Å². The summed E-state index contributed by atoms with van der Waals surface area (Å²) in [4.78, 5) is 10.9. The molecule has 0 aromatic carbocycles. The molecule has 0 fully saturated rings. The van der Waals surface area contributed by atoms with Crippen molar-refractivity contribution in [1.29, 1.82) is 0 Å². The maximum Gasteiger partial charge on any atom is 0.305 e. The fourth-order valence-corrected chi connectivity index (χ4v) is 2.96. The third-order valence-electron chi connectivity index (χ3n) is 4.52. The Balaban J connectivity index is 3.00. The standard InChI is InChI=1S/C21H40O2/c1-3-4-5-6-7-8-9-10-11-12-13-14-15-16-17-18-19-20-21(22)23-2/h3H,1,4-20H2,2H3. The summed E-state index contributed by atoms with van der Waals surface area (Å²) in [7, 11) is 1.46. The van der Waals surface area contributed by atoms with Gasteiger partial charge in [0.25, 0.3) is 0 Å². The minimum absolute atomic E-state index is 0.0678. The van der Waals surface area contributed by atoms with Crippen LogP contribution < -0.4 is 0 Å². The molecular weight excluding hydrogens is 284 g/mol. The number of allylic oxidation sites excluding steroid dienone is 1. The van der Waals surface area contributed by atoms with E-state index in [2.05, 4.69) is 11.3 Å². The third-order valence-corrected chi connectivity index (χ3v) is 4.52. The van der Waals surface area contributed by atoms with Gasteiger partial charge in [-0.05, 0) is 19.3 Å². The highest BCUT2D eigenvalue weighted by Crippen LogP contribution is 2.14. The Morgan fingerprint density at radius 3 is 1.39 bits per heavy atom. The first-order chi connectivity index (χ1) is 11.3. The molecule has 0 amide bonds. The molecule has 0 aromatic rings. The predicted molar refractivity (Wildman–Crippen MR) is 101 cm³/mol. The van der Waals surface area contributed by atoms with Crippen LogP contribution in [0.5, 0.6) is 0 Å². The van der Waals surface area contributed by atoms with E-state index in [0.29, 0.717) is 6.42 Å². The molecule has 0 saturated carbocycles. The first kappa shape index (κ1) is 22.2. The van der Waals surface area contributed by atoms with E-state index >= 15 is 0 Å². The lowest BCUT2D eigenvalue weighted by molar-refractivity contribution is -0.140. The lowest BCUT2D eigenvalue weighted by Gasteiger charge is -2.03. The van der Waals surface area contributed by atoms with E-state index in [1.807, 2.05) is 6.08 Å². The molecule has 0 spiro atoms. The van der Waals surface area contributed by atoms with E-state index in [1.54, 1.807) is 0 Å². The van der Waals surface area contributed by atoms with E-state index in [4.69, 9.17) is 0 Å². The van der Waals surface area contributed by atoms with Gasteiger partial charge in [-0.1, -0.05) is 89.5 Å². The molecule has 0 saturated heterocycles. The Kier molecular flexibility index (Phi) is 18.6. The fraction of sp³-hybridized carbons (Fsp3) is 0.857. The van der Waals surface area contributed by atoms with E-state index in [1.165, 1.54) is 103 Å². The summed E-state index contributed by atoms with van der Waals surface area (Å²) in [5, 5.41) is 0. The Morgan fingerprint density at radius 1 is 0.696 bits per heavy atom. The largest absolute Gasteiger partial charge is 0.469 e. The molecule has 136 valence electrons. The minimum Gasteiger partial charge on any atom is -0.469 e. The van der Waals surface area contributed by atoms with Crippen molar-refractivity contribution in [3.05, 3.63) is 12.7 Å². The molecule has 0 bridgehead atoms. The van der Waals surface area contributed by atoms with Gasteiger partial charge in [0.05, 0.1) is 7.11 Å². The molecular formula is C21H40O2. The maximum atomic E-state index is 10.9. The van der Waals surface area contributed by atoms with Crippen LogP contribution in [-0.2, 0) is 9.53 Å². The van der Waals surface area contributed by atoms with Crippen molar-refractivity contribution in [3.8, 4) is 0 Å². The zero-order valence-corrected chi connectivity index (χ0v) is 15.6. The average Bonchev–Trinajstić information content (AvgIpc) is 2.57. The van der Waals surface area contributed by atoms with Gasteiger partial charge in [-0.25, -0.2) is 0 Å². The molecule has 2 heteroatoms. The zero-order valence-electron chi connectivity index (χ0n) is 15.6. The summed E-state index contributed by atoms with van der Waals surface area (Å²) in [6.07, 6.45) is 23.9.